The number of carbonyl (C=O) groups is 2. The van der Waals surface area contributed by atoms with Gasteiger partial charge < -0.3 is 10.2 Å². The van der Waals surface area contributed by atoms with Crippen molar-refractivity contribution in [3.05, 3.63) is 48.6 Å². The van der Waals surface area contributed by atoms with Crippen molar-refractivity contribution in [1.82, 2.24) is 0 Å². The van der Waals surface area contributed by atoms with Crippen molar-refractivity contribution in [3.63, 3.8) is 0 Å². The number of hydrogen-bond acceptors (Lipinski definition) is 2. The maximum Gasteiger partial charge on any atom is 0.311 e. The third-order valence-corrected chi connectivity index (χ3v) is 2.69. The van der Waals surface area contributed by atoms with E-state index in [0.29, 0.717) is 12.8 Å². The Kier molecular flexibility index (Phi) is 5.64. The lowest BCUT2D eigenvalue weighted by Crippen LogP contribution is -2.30. The van der Waals surface area contributed by atoms with E-state index in [2.05, 4.69) is 0 Å². The van der Waals surface area contributed by atoms with Gasteiger partial charge in [0.25, 0.3) is 0 Å². The van der Waals surface area contributed by atoms with Gasteiger partial charge in [-0.1, -0.05) is 48.6 Å². The molecule has 96 valence electrons. The standard InChI is InChI=1S/C8H10O4.C6H6/c9-7(10)5-3-1-2-4-6(5)8(11)12;1-2-4-6-5-3-1/h1,3,5-6H,2,4H2,(H,9,10)(H,11,12);1-6H. The minimum Gasteiger partial charge on any atom is -0.481 e. The van der Waals surface area contributed by atoms with Crippen molar-refractivity contribution < 1.29 is 19.8 Å². The molecule has 18 heavy (non-hydrogen) atoms. The lowest BCUT2D eigenvalue weighted by molar-refractivity contribution is -0.152. The average molecular weight is 248 g/mol. The van der Waals surface area contributed by atoms with E-state index in [1.807, 2.05) is 36.4 Å². The van der Waals surface area contributed by atoms with Crippen molar-refractivity contribution >= 4 is 11.9 Å². The van der Waals surface area contributed by atoms with Crippen molar-refractivity contribution in [1.29, 1.82) is 0 Å². The molecule has 0 amide bonds. The van der Waals surface area contributed by atoms with Crippen LogP contribution in [0, 0.1) is 11.8 Å². The third-order valence-electron chi connectivity index (χ3n) is 2.69. The first-order valence-corrected chi connectivity index (χ1v) is 5.75. The van der Waals surface area contributed by atoms with Gasteiger partial charge >= 0.3 is 11.9 Å². The SMILES string of the molecule is O=C(O)C1C=CCCC1C(=O)O.c1ccccc1. The first-order chi connectivity index (χ1) is 8.63. The predicted octanol–water partition coefficient (Wildman–Crippen LogP) is 2.42. The molecule has 2 N–H and O–H groups in total. The molecule has 2 unspecified atom stereocenters. The van der Waals surface area contributed by atoms with Crippen molar-refractivity contribution in [2.24, 2.45) is 11.8 Å². The van der Waals surface area contributed by atoms with Gasteiger partial charge in [-0.25, -0.2) is 0 Å². The monoisotopic (exact) mass is 248 g/mol. The molecule has 4 nitrogen and oxygen atoms in total. The van der Waals surface area contributed by atoms with E-state index in [-0.39, 0.29) is 0 Å². The van der Waals surface area contributed by atoms with Gasteiger partial charge in [0.1, 0.15) is 0 Å². The quantitative estimate of drug-likeness (QED) is 0.788. The van der Waals surface area contributed by atoms with Crippen molar-refractivity contribution in [2.45, 2.75) is 12.8 Å². The fourth-order valence-electron chi connectivity index (χ4n) is 1.75. The Hall–Kier alpha value is -2.10. The van der Waals surface area contributed by atoms with E-state index in [0.717, 1.165) is 0 Å². The highest BCUT2D eigenvalue weighted by Crippen LogP contribution is 2.24. The molecule has 1 aromatic rings. The summed E-state index contributed by atoms with van der Waals surface area (Å²) in [5.41, 5.74) is 0. The number of aliphatic carboxylic acids is 2. The maximum absolute atomic E-state index is 10.6. The first-order valence-electron chi connectivity index (χ1n) is 5.75. The fraction of sp³-hybridized carbons (Fsp3) is 0.286. The highest BCUT2D eigenvalue weighted by molar-refractivity contribution is 5.81. The maximum atomic E-state index is 10.6. The Bertz CT molecular complexity index is 384. The van der Waals surface area contributed by atoms with Gasteiger partial charge in [-0.15, -0.1) is 0 Å². The van der Waals surface area contributed by atoms with E-state index >= 15 is 0 Å². The van der Waals surface area contributed by atoms with Crippen LogP contribution in [-0.2, 0) is 9.59 Å². The number of allylic oxidation sites excluding steroid dienone is 1. The molecule has 0 saturated heterocycles. The summed E-state index contributed by atoms with van der Waals surface area (Å²) in [6, 6.07) is 12.0. The molecule has 0 fully saturated rings. The topological polar surface area (TPSA) is 74.6 Å². The smallest absolute Gasteiger partial charge is 0.311 e. The summed E-state index contributed by atoms with van der Waals surface area (Å²) >= 11 is 0. The Morgan fingerprint density at radius 2 is 1.39 bits per heavy atom. The van der Waals surface area contributed by atoms with E-state index < -0.39 is 23.8 Å². The Balaban J connectivity index is 0.000000225. The third kappa shape index (κ3) is 4.41. The van der Waals surface area contributed by atoms with Crippen molar-refractivity contribution in [2.75, 3.05) is 0 Å². The van der Waals surface area contributed by atoms with Crippen LogP contribution in [0.1, 0.15) is 12.8 Å². The van der Waals surface area contributed by atoms with E-state index in [9.17, 15) is 9.59 Å². The molecule has 0 heterocycles. The van der Waals surface area contributed by atoms with Gasteiger partial charge in [0, 0.05) is 0 Å². The Morgan fingerprint density at radius 1 is 0.889 bits per heavy atom. The number of carboxylic acid groups (broad SMARTS) is 2. The van der Waals surface area contributed by atoms with Crippen LogP contribution < -0.4 is 0 Å². The molecule has 0 aromatic heterocycles. The zero-order valence-corrected chi connectivity index (χ0v) is 9.90. The Morgan fingerprint density at radius 3 is 1.72 bits per heavy atom. The summed E-state index contributed by atoms with van der Waals surface area (Å²) in [5, 5.41) is 17.3. The molecule has 0 bridgehead atoms. The number of benzene rings is 1. The molecule has 1 aliphatic rings. The summed E-state index contributed by atoms with van der Waals surface area (Å²) in [5.74, 6) is -3.69. The van der Waals surface area contributed by atoms with Gasteiger partial charge in [0.15, 0.2) is 0 Å². The number of hydrogen-bond donors (Lipinski definition) is 2. The second kappa shape index (κ2) is 7.27. The van der Waals surface area contributed by atoms with Gasteiger partial charge in [0.05, 0.1) is 11.8 Å². The summed E-state index contributed by atoms with van der Waals surface area (Å²) in [7, 11) is 0. The molecule has 2 atom stereocenters. The molecule has 1 aromatic carbocycles. The van der Waals surface area contributed by atoms with E-state index in [1.54, 1.807) is 6.08 Å². The van der Waals surface area contributed by atoms with Gasteiger partial charge in [-0.05, 0) is 12.8 Å². The molecule has 1 aliphatic carbocycles. The molecular formula is C14H16O4. The second-order valence-electron chi connectivity index (χ2n) is 3.97. The minimum atomic E-state index is -1.06. The summed E-state index contributed by atoms with van der Waals surface area (Å²) in [4.78, 5) is 21.1. The van der Waals surface area contributed by atoms with Crippen LogP contribution in [0.4, 0.5) is 0 Å². The van der Waals surface area contributed by atoms with Gasteiger partial charge in [-0.3, -0.25) is 9.59 Å². The molecule has 0 spiro atoms. The molecule has 0 saturated carbocycles. The van der Waals surface area contributed by atoms with Gasteiger partial charge in [0.2, 0.25) is 0 Å². The molecular weight excluding hydrogens is 232 g/mol. The summed E-state index contributed by atoms with van der Waals surface area (Å²) < 4.78 is 0. The van der Waals surface area contributed by atoms with Crippen LogP contribution in [0.15, 0.2) is 48.6 Å². The highest BCUT2D eigenvalue weighted by Gasteiger charge is 2.32. The van der Waals surface area contributed by atoms with Crippen LogP contribution in [0.5, 0.6) is 0 Å². The zero-order valence-electron chi connectivity index (χ0n) is 9.90. The van der Waals surface area contributed by atoms with E-state index in [4.69, 9.17) is 10.2 Å². The second-order valence-corrected chi connectivity index (χ2v) is 3.97. The van der Waals surface area contributed by atoms with Crippen LogP contribution in [0.25, 0.3) is 0 Å². The lowest BCUT2D eigenvalue weighted by atomic mass is 9.84. The fourth-order valence-corrected chi connectivity index (χ4v) is 1.75. The molecule has 0 radical (unpaired) electrons. The largest absolute Gasteiger partial charge is 0.481 e. The van der Waals surface area contributed by atoms with Crippen LogP contribution in [-0.4, -0.2) is 22.2 Å². The molecule has 2 rings (SSSR count). The number of carboxylic acids is 2. The van der Waals surface area contributed by atoms with Crippen LogP contribution >= 0.6 is 0 Å². The lowest BCUT2D eigenvalue weighted by Gasteiger charge is -2.19. The van der Waals surface area contributed by atoms with Gasteiger partial charge in [-0.2, -0.15) is 0 Å². The van der Waals surface area contributed by atoms with E-state index in [1.165, 1.54) is 6.08 Å². The average Bonchev–Trinajstić information content (AvgIpc) is 2.41. The highest BCUT2D eigenvalue weighted by atomic mass is 16.4. The normalized spacial score (nSPS) is 21.6. The molecule has 0 aliphatic heterocycles. The molecule has 4 heteroatoms. The zero-order chi connectivity index (χ0) is 13.4. The minimum absolute atomic E-state index is 0.419. The van der Waals surface area contributed by atoms with Crippen LogP contribution in [0.2, 0.25) is 0 Å². The van der Waals surface area contributed by atoms with Crippen LogP contribution in [0.3, 0.4) is 0 Å². The first kappa shape index (κ1) is 14.0. The summed E-state index contributed by atoms with van der Waals surface area (Å²) in [6.45, 7) is 0. The summed E-state index contributed by atoms with van der Waals surface area (Å²) in [6.07, 6.45) is 4.26. The van der Waals surface area contributed by atoms with Crippen molar-refractivity contribution in [3.8, 4) is 0 Å². The number of rotatable bonds is 2. The predicted molar refractivity (Wildman–Crippen MR) is 67.1 cm³/mol. The Labute approximate surface area is 106 Å².